The molecule has 0 saturated carbocycles. The maximum Gasteiger partial charge on any atom is 0.426 e. The molecule has 7 heteroatoms. The summed E-state index contributed by atoms with van der Waals surface area (Å²) in [5.41, 5.74) is 0. The number of amides is 3. The number of imide groups is 3. The van der Waals surface area contributed by atoms with Crippen molar-refractivity contribution in [1.82, 2.24) is 4.90 Å². The Morgan fingerprint density at radius 1 is 0.818 bits per heavy atom. The Hall–Kier alpha value is -1.79. The summed E-state index contributed by atoms with van der Waals surface area (Å²) < 4.78 is 0. The lowest BCUT2D eigenvalue weighted by Gasteiger charge is -2.04. The standard InChI is InChI=1S/C3H3NO6.CH4/c5-1(6)4(2(7)8)3(9)10;/h(H,5,6)(H,7,8)(H,9,10);1H4. The first-order valence-corrected chi connectivity index (χ1v) is 1.95. The Morgan fingerprint density at radius 3 is 1.00 bits per heavy atom. The van der Waals surface area contributed by atoms with Gasteiger partial charge < -0.3 is 15.3 Å². The largest absolute Gasteiger partial charge is 0.464 e. The van der Waals surface area contributed by atoms with E-state index < -0.39 is 23.2 Å². The minimum atomic E-state index is -2.04. The van der Waals surface area contributed by atoms with Gasteiger partial charge in [0.15, 0.2) is 0 Å². The Kier molecular flexibility index (Phi) is 4.44. The zero-order chi connectivity index (χ0) is 8.31. The Labute approximate surface area is 61.5 Å². The van der Waals surface area contributed by atoms with E-state index in [2.05, 4.69) is 0 Å². The molecule has 0 heterocycles. The molecule has 0 aromatic rings. The SMILES string of the molecule is C.O=C(O)N(C(=O)O)C(=O)O. The summed E-state index contributed by atoms with van der Waals surface area (Å²) in [6.45, 7) is 0. The maximum absolute atomic E-state index is 9.75. The second kappa shape index (κ2) is 4.09. The van der Waals surface area contributed by atoms with Crippen molar-refractivity contribution >= 4 is 18.3 Å². The van der Waals surface area contributed by atoms with E-state index in [0.29, 0.717) is 0 Å². The maximum atomic E-state index is 9.75. The van der Waals surface area contributed by atoms with Crippen molar-refractivity contribution in [3.63, 3.8) is 0 Å². The fourth-order valence-electron chi connectivity index (χ4n) is 0.245. The van der Waals surface area contributed by atoms with Gasteiger partial charge in [0.1, 0.15) is 0 Å². The van der Waals surface area contributed by atoms with Crippen LogP contribution in [-0.2, 0) is 0 Å². The molecule has 11 heavy (non-hydrogen) atoms. The van der Waals surface area contributed by atoms with E-state index in [1.807, 2.05) is 0 Å². The number of carbonyl (C=O) groups is 3. The van der Waals surface area contributed by atoms with E-state index in [4.69, 9.17) is 15.3 Å². The normalized spacial score (nSPS) is 7.64. The third-order valence-electron chi connectivity index (χ3n) is 0.574. The zero-order valence-corrected chi connectivity index (χ0v) is 4.51. The second-order valence-corrected chi connectivity index (χ2v) is 1.18. The molecule has 0 atom stereocenters. The summed E-state index contributed by atoms with van der Waals surface area (Å²) >= 11 is 0. The van der Waals surface area contributed by atoms with E-state index in [-0.39, 0.29) is 7.43 Å². The van der Waals surface area contributed by atoms with Crippen molar-refractivity contribution in [2.24, 2.45) is 0 Å². The van der Waals surface area contributed by atoms with Crippen LogP contribution >= 0.6 is 0 Å². The van der Waals surface area contributed by atoms with Gasteiger partial charge in [0.05, 0.1) is 0 Å². The van der Waals surface area contributed by atoms with Gasteiger partial charge in [0.2, 0.25) is 0 Å². The van der Waals surface area contributed by atoms with Crippen LogP contribution in [0.3, 0.4) is 0 Å². The van der Waals surface area contributed by atoms with E-state index >= 15 is 0 Å². The predicted octanol–water partition coefficient (Wildman–Crippen LogP) is 0.959. The Bertz CT molecular complexity index is 154. The summed E-state index contributed by atoms with van der Waals surface area (Å²) in [7, 11) is 0. The van der Waals surface area contributed by atoms with Crippen LogP contribution in [0.4, 0.5) is 14.4 Å². The van der Waals surface area contributed by atoms with Crippen LogP contribution in [0, 0.1) is 0 Å². The summed E-state index contributed by atoms with van der Waals surface area (Å²) in [5, 5.41) is 23.6. The minimum absolute atomic E-state index is 0. The molecule has 0 unspecified atom stereocenters. The topological polar surface area (TPSA) is 115 Å². The molecule has 0 rings (SSSR count). The lowest BCUT2D eigenvalue weighted by atomic mass is 10.8. The second-order valence-electron chi connectivity index (χ2n) is 1.18. The van der Waals surface area contributed by atoms with Crippen molar-refractivity contribution in [1.29, 1.82) is 0 Å². The molecule has 3 N–H and O–H groups in total. The van der Waals surface area contributed by atoms with Crippen LogP contribution in [0.15, 0.2) is 0 Å². The molecule has 0 aromatic heterocycles. The van der Waals surface area contributed by atoms with E-state index in [9.17, 15) is 14.4 Å². The first kappa shape index (κ1) is 11.9. The highest BCUT2D eigenvalue weighted by atomic mass is 16.5. The molecule has 0 aliphatic carbocycles. The first-order valence-electron chi connectivity index (χ1n) is 1.95. The Balaban J connectivity index is 0. The van der Waals surface area contributed by atoms with Gasteiger partial charge in [-0.3, -0.25) is 0 Å². The van der Waals surface area contributed by atoms with E-state index in [1.165, 1.54) is 0 Å². The number of hydrogen-bond acceptors (Lipinski definition) is 3. The average molecular weight is 165 g/mol. The number of carboxylic acid groups (broad SMARTS) is 3. The molecular formula is C4H7NO6. The molecular weight excluding hydrogens is 158 g/mol. The third-order valence-corrected chi connectivity index (χ3v) is 0.574. The van der Waals surface area contributed by atoms with Gasteiger partial charge in [0.25, 0.3) is 0 Å². The quantitative estimate of drug-likeness (QED) is 0.492. The molecule has 0 spiro atoms. The highest BCUT2D eigenvalue weighted by Gasteiger charge is 2.26. The molecule has 0 aliphatic heterocycles. The molecule has 7 nitrogen and oxygen atoms in total. The van der Waals surface area contributed by atoms with Crippen LogP contribution in [0.5, 0.6) is 0 Å². The summed E-state index contributed by atoms with van der Waals surface area (Å²) in [6.07, 6.45) is -6.12. The monoisotopic (exact) mass is 165 g/mol. The minimum Gasteiger partial charge on any atom is -0.464 e. The highest BCUT2D eigenvalue weighted by Crippen LogP contribution is 1.90. The van der Waals surface area contributed by atoms with Gasteiger partial charge in [-0.2, -0.15) is 0 Å². The summed E-state index contributed by atoms with van der Waals surface area (Å²) in [6, 6.07) is 0. The van der Waals surface area contributed by atoms with Crippen molar-refractivity contribution in [3.05, 3.63) is 0 Å². The fraction of sp³-hybridized carbons (Fsp3) is 0.250. The van der Waals surface area contributed by atoms with Gasteiger partial charge in [-0.1, -0.05) is 7.43 Å². The van der Waals surface area contributed by atoms with Crippen LogP contribution in [-0.4, -0.2) is 38.5 Å². The van der Waals surface area contributed by atoms with E-state index in [1.54, 1.807) is 0 Å². The van der Waals surface area contributed by atoms with Crippen LogP contribution in [0.25, 0.3) is 0 Å². The molecule has 0 aromatic carbocycles. The van der Waals surface area contributed by atoms with Crippen molar-refractivity contribution in [2.45, 2.75) is 7.43 Å². The third kappa shape index (κ3) is 3.04. The van der Waals surface area contributed by atoms with Crippen molar-refractivity contribution in [2.75, 3.05) is 0 Å². The number of nitrogens with zero attached hydrogens (tertiary/aromatic N) is 1. The van der Waals surface area contributed by atoms with Crippen molar-refractivity contribution < 1.29 is 29.7 Å². The number of hydrogen-bond donors (Lipinski definition) is 3. The predicted molar refractivity (Wildman–Crippen MR) is 32.6 cm³/mol. The molecule has 0 saturated heterocycles. The van der Waals surface area contributed by atoms with Crippen LogP contribution in [0.1, 0.15) is 7.43 Å². The smallest absolute Gasteiger partial charge is 0.426 e. The summed E-state index contributed by atoms with van der Waals surface area (Å²) in [5.74, 6) is 0. The number of rotatable bonds is 0. The van der Waals surface area contributed by atoms with Crippen LogP contribution in [0.2, 0.25) is 0 Å². The summed E-state index contributed by atoms with van der Waals surface area (Å²) in [4.78, 5) is 28.5. The molecule has 0 bridgehead atoms. The van der Waals surface area contributed by atoms with E-state index in [0.717, 1.165) is 0 Å². The van der Waals surface area contributed by atoms with Gasteiger partial charge in [-0.25, -0.2) is 14.4 Å². The highest BCUT2D eigenvalue weighted by molar-refractivity contribution is 6.01. The molecule has 3 amide bonds. The van der Waals surface area contributed by atoms with Crippen molar-refractivity contribution in [3.8, 4) is 0 Å². The molecule has 0 fully saturated rings. The lowest BCUT2D eigenvalue weighted by molar-refractivity contribution is 0.111. The fourth-order valence-corrected chi connectivity index (χ4v) is 0.245. The van der Waals surface area contributed by atoms with Gasteiger partial charge in [0, 0.05) is 0 Å². The van der Waals surface area contributed by atoms with Gasteiger partial charge in [-0.05, 0) is 0 Å². The molecule has 64 valence electrons. The first-order chi connectivity index (χ1) is 4.46. The Morgan fingerprint density at radius 2 is 1.00 bits per heavy atom. The zero-order valence-electron chi connectivity index (χ0n) is 4.51. The van der Waals surface area contributed by atoms with Gasteiger partial charge in [-0.15, -0.1) is 4.90 Å². The van der Waals surface area contributed by atoms with Gasteiger partial charge >= 0.3 is 18.3 Å². The average Bonchev–Trinajstić information content (AvgIpc) is 1.59. The molecule has 0 radical (unpaired) electrons. The lowest BCUT2D eigenvalue weighted by Crippen LogP contribution is -2.38. The molecule has 0 aliphatic rings. The van der Waals surface area contributed by atoms with Crippen LogP contribution < -0.4 is 0 Å².